The fourth-order valence-electron chi connectivity index (χ4n) is 0.326. The lowest BCUT2D eigenvalue weighted by Gasteiger charge is -1.95. The monoisotopic (exact) mass is 340 g/mol. The zero-order valence-corrected chi connectivity index (χ0v) is 11.6. The van der Waals surface area contributed by atoms with Gasteiger partial charge in [0.1, 0.15) is 0 Å². The molecular formula is C5H14Br2N2OS2. The molecule has 3 nitrogen and oxygen atoms in total. The summed E-state index contributed by atoms with van der Waals surface area (Å²) in [6, 6.07) is 0. The smallest absolute Gasteiger partial charge is 0.246 e. The Balaban J connectivity index is -0.000000405. The van der Waals surface area contributed by atoms with Gasteiger partial charge in [0.2, 0.25) is 4.45 Å². The fourth-order valence-corrected chi connectivity index (χ4v) is 1.73. The van der Waals surface area contributed by atoms with Crippen LogP contribution in [-0.4, -0.2) is 29.0 Å². The summed E-state index contributed by atoms with van der Waals surface area (Å²) in [5.41, 5.74) is 10.4. The molecule has 0 heterocycles. The van der Waals surface area contributed by atoms with Crippen LogP contribution in [0.2, 0.25) is 0 Å². The number of rotatable bonds is 4. The van der Waals surface area contributed by atoms with Gasteiger partial charge in [-0.25, -0.2) is 0 Å². The van der Waals surface area contributed by atoms with Crippen molar-refractivity contribution in [2.75, 3.05) is 24.6 Å². The van der Waals surface area contributed by atoms with E-state index in [1.807, 2.05) is 0 Å². The molecule has 0 aromatic carbocycles. The van der Waals surface area contributed by atoms with Crippen LogP contribution in [0.1, 0.15) is 0 Å². The number of hydrogen-bond donors (Lipinski definition) is 2. The zero-order valence-electron chi connectivity index (χ0n) is 6.52. The molecule has 0 rings (SSSR count). The number of nitrogens with two attached hydrogens (primary N) is 2. The van der Waals surface area contributed by atoms with Crippen LogP contribution < -0.4 is 11.5 Å². The van der Waals surface area contributed by atoms with Gasteiger partial charge in [0.05, 0.1) is 0 Å². The lowest BCUT2D eigenvalue weighted by molar-refractivity contribution is 0.276. The molecule has 12 heavy (non-hydrogen) atoms. The van der Waals surface area contributed by atoms with Crippen molar-refractivity contribution in [2.45, 2.75) is 0 Å². The Labute approximate surface area is 102 Å². The highest BCUT2D eigenvalue weighted by Crippen LogP contribution is 2.14. The molecule has 7 heteroatoms. The van der Waals surface area contributed by atoms with E-state index in [0.29, 0.717) is 24.6 Å². The van der Waals surface area contributed by atoms with Crippen LogP contribution in [-0.2, 0) is 0 Å². The third-order valence-electron chi connectivity index (χ3n) is 0.676. The van der Waals surface area contributed by atoms with E-state index in [-0.39, 0.29) is 38.4 Å². The highest BCUT2D eigenvalue weighted by atomic mass is 79.9. The fraction of sp³-hybridized carbons (Fsp3) is 0.800. The molecule has 0 aliphatic carbocycles. The van der Waals surface area contributed by atoms with Gasteiger partial charge in [-0.05, 0) is 0 Å². The minimum atomic E-state index is 0. The van der Waals surface area contributed by atoms with Gasteiger partial charge in [0.15, 0.2) is 0 Å². The molecule has 0 unspecified atom stereocenters. The molecular weight excluding hydrogens is 328 g/mol. The normalized spacial score (nSPS) is 8.17. The molecule has 0 spiro atoms. The van der Waals surface area contributed by atoms with E-state index in [1.165, 1.54) is 23.5 Å². The van der Waals surface area contributed by atoms with Gasteiger partial charge in [-0.15, -0.1) is 34.0 Å². The third kappa shape index (κ3) is 13.8. The third-order valence-corrected chi connectivity index (χ3v) is 2.73. The molecule has 0 saturated heterocycles. The van der Waals surface area contributed by atoms with Gasteiger partial charge in [-0.3, -0.25) is 4.79 Å². The highest BCUT2D eigenvalue weighted by Gasteiger charge is 1.99. The molecule has 0 amide bonds. The van der Waals surface area contributed by atoms with Crippen LogP contribution in [0.5, 0.6) is 0 Å². The summed E-state index contributed by atoms with van der Waals surface area (Å²) in [7, 11) is 0. The molecule has 0 atom stereocenters. The van der Waals surface area contributed by atoms with Gasteiger partial charge in [0.25, 0.3) is 0 Å². The second kappa shape index (κ2) is 14.8. The van der Waals surface area contributed by atoms with Crippen LogP contribution in [0, 0.1) is 0 Å². The Morgan fingerprint density at radius 3 is 1.58 bits per heavy atom. The van der Waals surface area contributed by atoms with Crippen LogP contribution in [0.15, 0.2) is 0 Å². The minimum Gasteiger partial charge on any atom is -0.330 e. The summed E-state index contributed by atoms with van der Waals surface area (Å²) in [5.74, 6) is 1.41. The van der Waals surface area contributed by atoms with E-state index in [2.05, 4.69) is 0 Å². The summed E-state index contributed by atoms with van der Waals surface area (Å²) >= 11 is 2.52. The van der Waals surface area contributed by atoms with Crippen molar-refractivity contribution < 1.29 is 4.79 Å². The van der Waals surface area contributed by atoms with Crippen LogP contribution in [0.4, 0.5) is 4.79 Å². The largest absolute Gasteiger partial charge is 0.330 e. The molecule has 0 saturated carbocycles. The van der Waals surface area contributed by atoms with Crippen molar-refractivity contribution >= 4 is 61.9 Å². The molecule has 0 radical (unpaired) electrons. The first-order valence-electron chi connectivity index (χ1n) is 3.01. The van der Waals surface area contributed by atoms with Crippen LogP contribution in [0.3, 0.4) is 0 Å². The Morgan fingerprint density at radius 2 is 1.33 bits per heavy atom. The lowest BCUT2D eigenvalue weighted by atomic mass is 10.8. The Morgan fingerprint density at radius 1 is 1.00 bits per heavy atom. The van der Waals surface area contributed by atoms with E-state index in [1.54, 1.807) is 0 Å². The summed E-state index contributed by atoms with van der Waals surface area (Å²) in [6.07, 6.45) is 0. The molecule has 0 aliphatic rings. The molecule has 0 fully saturated rings. The summed E-state index contributed by atoms with van der Waals surface area (Å²) in [4.78, 5) is 10.8. The van der Waals surface area contributed by atoms with Crippen molar-refractivity contribution in [3.8, 4) is 0 Å². The maximum Gasteiger partial charge on any atom is 0.246 e. The predicted molar refractivity (Wildman–Crippen MR) is 69.1 cm³/mol. The number of carbonyl (C=O) groups excluding carboxylic acids is 1. The molecule has 0 aliphatic heterocycles. The standard InChI is InChI=1S/C5H12N2OS2.2BrH/c6-1-3-9-5(8)10-4-2-7;;/h1-4,6-7H2;2*1H. The van der Waals surface area contributed by atoms with E-state index >= 15 is 0 Å². The van der Waals surface area contributed by atoms with E-state index in [9.17, 15) is 4.79 Å². The van der Waals surface area contributed by atoms with Crippen molar-refractivity contribution in [1.82, 2.24) is 0 Å². The second-order valence-corrected chi connectivity index (χ2v) is 3.92. The van der Waals surface area contributed by atoms with Crippen LogP contribution >= 0.6 is 57.5 Å². The quantitative estimate of drug-likeness (QED) is 0.813. The summed E-state index contributed by atoms with van der Waals surface area (Å²) in [5, 5.41) is 0. The summed E-state index contributed by atoms with van der Waals surface area (Å²) < 4.78 is 0.121. The Bertz CT molecular complexity index is 97.4. The van der Waals surface area contributed by atoms with Gasteiger partial charge < -0.3 is 11.5 Å². The molecule has 76 valence electrons. The van der Waals surface area contributed by atoms with Gasteiger partial charge in [-0.2, -0.15) is 0 Å². The van der Waals surface area contributed by atoms with E-state index in [4.69, 9.17) is 11.5 Å². The van der Waals surface area contributed by atoms with Crippen molar-refractivity contribution in [1.29, 1.82) is 0 Å². The van der Waals surface area contributed by atoms with E-state index in [0.717, 1.165) is 0 Å². The first-order chi connectivity index (χ1) is 4.81. The van der Waals surface area contributed by atoms with Crippen molar-refractivity contribution in [2.24, 2.45) is 11.5 Å². The molecule has 0 aromatic rings. The Hall–Kier alpha value is 1.25. The average molecular weight is 342 g/mol. The minimum absolute atomic E-state index is 0. The number of hydrogen-bond acceptors (Lipinski definition) is 5. The topological polar surface area (TPSA) is 69.1 Å². The van der Waals surface area contributed by atoms with E-state index < -0.39 is 0 Å². The number of carbonyl (C=O) groups is 1. The van der Waals surface area contributed by atoms with Crippen molar-refractivity contribution in [3.63, 3.8) is 0 Å². The first-order valence-corrected chi connectivity index (χ1v) is 4.98. The Kier molecular flexibility index (Phi) is 23.3. The lowest BCUT2D eigenvalue weighted by Crippen LogP contribution is -2.05. The predicted octanol–water partition coefficient (Wildman–Crippen LogP) is 1.65. The zero-order chi connectivity index (χ0) is 7.82. The maximum atomic E-state index is 10.8. The van der Waals surface area contributed by atoms with Crippen LogP contribution in [0.25, 0.3) is 0 Å². The second-order valence-electron chi connectivity index (χ2n) is 1.52. The van der Waals surface area contributed by atoms with Crippen molar-refractivity contribution in [3.05, 3.63) is 0 Å². The molecule has 0 aromatic heterocycles. The van der Waals surface area contributed by atoms with Gasteiger partial charge >= 0.3 is 0 Å². The number of thioether (sulfide) groups is 2. The first kappa shape index (κ1) is 18.9. The van der Waals surface area contributed by atoms with Gasteiger partial charge in [0, 0.05) is 24.6 Å². The van der Waals surface area contributed by atoms with Gasteiger partial charge in [-0.1, -0.05) is 23.5 Å². The number of halogens is 2. The molecule has 4 N–H and O–H groups in total. The summed E-state index contributed by atoms with van der Waals surface area (Å²) in [6.45, 7) is 1.11. The average Bonchev–Trinajstić information content (AvgIpc) is 1.97. The SMILES string of the molecule is Br.Br.NCCSC(=O)SCCN. The highest BCUT2D eigenvalue weighted by molar-refractivity contribution is 8.93. The molecule has 0 bridgehead atoms. The maximum absolute atomic E-state index is 10.8.